The smallest absolute Gasteiger partial charge is 0.273 e. The molecule has 0 amide bonds. The van der Waals surface area contributed by atoms with Crippen molar-refractivity contribution in [1.29, 1.82) is 0 Å². The van der Waals surface area contributed by atoms with Gasteiger partial charge in [-0.15, -0.1) is 0 Å². The molecule has 0 bridgehead atoms. The van der Waals surface area contributed by atoms with Gasteiger partial charge >= 0.3 is 0 Å². The van der Waals surface area contributed by atoms with Crippen molar-refractivity contribution in [3.8, 4) is 5.19 Å². The molecule has 3 aromatic rings. The molecule has 24 heavy (non-hydrogen) atoms. The summed E-state index contributed by atoms with van der Waals surface area (Å²) in [5, 5.41) is 2.71. The number of ether oxygens (including phenoxy) is 2. The van der Waals surface area contributed by atoms with Crippen LogP contribution in [-0.2, 0) is 11.3 Å². The number of morpholine rings is 1. The molecule has 0 N–H and O–H groups in total. The van der Waals surface area contributed by atoms with E-state index in [0.717, 1.165) is 43.3 Å². The number of aryl methyl sites for hydroxylation is 1. The molecule has 4 rings (SSSR count). The first-order valence-corrected chi connectivity index (χ1v) is 8.96. The highest BCUT2D eigenvalue weighted by atomic mass is 32.1. The second kappa shape index (κ2) is 6.88. The molecule has 126 valence electrons. The molecule has 0 spiro atoms. The number of rotatable bonds is 5. The lowest BCUT2D eigenvalue weighted by Crippen LogP contribution is -2.44. The molecule has 0 aromatic carbocycles. The molecular formula is C17H20N4O2S. The van der Waals surface area contributed by atoms with E-state index in [1.807, 2.05) is 36.7 Å². The molecule has 6 nitrogen and oxygen atoms in total. The average Bonchev–Trinajstić information content (AvgIpc) is 3.18. The third-order valence-electron chi connectivity index (χ3n) is 4.01. The lowest BCUT2D eigenvalue weighted by Gasteiger charge is -2.32. The molecule has 0 aliphatic carbocycles. The van der Waals surface area contributed by atoms with Crippen LogP contribution in [0.15, 0.2) is 36.0 Å². The molecule has 1 aliphatic heterocycles. The van der Waals surface area contributed by atoms with Crippen LogP contribution in [0.3, 0.4) is 0 Å². The van der Waals surface area contributed by atoms with Gasteiger partial charge in [-0.2, -0.15) is 0 Å². The molecule has 1 aliphatic rings. The van der Waals surface area contributed by atoms with Crippen LogP contribution in [0.4, 0.5) is 0 Å². The zero-order valence-electron chi connectivity index (χ0n) is 13.6. The number of imidazole rings is 1. The fraction of sp³-hybridized carbons (Fsp3) is 0.412. The molecule has 1 atom stereocenters. The van der Waals surface area contributed by atoms with Crippen LogP contribution in [0.5, 0.6) is 5.19 Å². The number of hydrogen-bond acceptors (Lipinski definition) is 6. The number of thiazole rings is 1. The van der Waals surface area contributed by atoms with Crippen molar-refractivity contribution >= 4 is 17.0 Å². The van der Waals surface area contributed by atoms with Gasteiger partial charge in [0.15, 0.2) is 0 Å². The highest BCUT2D eigenvalue weighted by Gasteiger charge is 2.22. The molecule has 3 aromatic heterocycles. The van der Waals surface area contributed by atoms with E-state index in [1.165, 1.54) is 11.3 Å². The van der Waals surface area contributed by atoms with E-state index in [4.69, 9.17) is 9.47 Å². The predicted molar refractivity (Wildman–Crippen MR) is 92.6 cm³/mol. The largest absolute Gasteiger partial charge is 0.467 e. The Morgan fingerprint density at radius 1 is 1.38 bits per heavy atom. The number of fused-ring (bicyclic) bond motifs is 1. The quantitative estimate of drug-likeness (QED) is 0.711. The summed E-state index contributed by atoms with van der Waals surface area (Å²) in [6, 6.07) is 6.05. The highest BCUT2D eigenvalue weighted by molar-refractivity contribution is 7.11. The van der Waals surface area contributed by atoms with Crippen molar-refractivity contribution in [2.24, 2.45) is 0 Å². The third-order valence-corrected chi connectivity index (χ3v) is 4.88. The Morgan fingerprint density at radius 2 is 2.33 bits per heavy atom. The molecular weight excluding hydrogens is 324 g/mol. The van der Waals surface area contributed by atoms with E-state index in [1.54, 1.807) is 0 Å². The van der Waals surface area contributed by atoms with Gasteiger partial charge in [0.2, 0.25) is 0 Å². The number of hydrogen-bond donors (Lipinski definition) is 0. The maximum atomic E-state index is 5.82. The Labute approximate surface area is 144 Å². The van der Waals surface area contributed by atoms with Gasteiger partial charge in [-0.3, -0.25) is 4.90 Å². The topological polar surface area (TPSA) is 51.9 Å². The van der Waals surface area contributed by atoms with E-state index in [0.29, 0.717) is 11.8 Å². The van der Waals surface area contributed by atoms with Gasteiger partial charge in [-0.1, -0.05) is 17.4 Å². The van der Waals surface area contributed by atoms with Crippen molar-refractivity contribution in [3.05, 3.63) is 47.4 Å². The predicted octanol–water partition coefficient (Wildman–Crippen LogP) is 2.38. The lowest BCUT2D eigenvalue weighted by molar-refractivity contribution is -0.0507. The Bertz CT molecular complexity index is 783. The minimum atomic E-state index is 0.0694. The minimum absolute atomic E-state index is 0.0694. The Hall–Kier alpha value is -1.96. The van der Waals surface area contributed by atoms with Gasteiger partial charge in [0.25, 0.3) is 5.19 Å². The number of aromatic nitrogens is 3. The van der Waals surface area contributed by atoms with Gasteiger partial charge < -0.3 is 13.9 Å². The summed E-state index contributed by atoms with van der Waals surface area (Å²) in [6.45, 7) is 5.82. The van der Waals surface area contributed by atoms with E-state index in [2.05, 4.69) is 25.5 Å². The molecule has 0 saturated carbocycles. The summed E-state index contributed by atoms with van der Waals surface area (Å²) in [7, 11) is 0. The van der Waals surface area contributed by atoms with Crippen molar-refractivity contribution < 1.29 is 9.47 Å². The summed E-state index contributed by atoms with van der Waals surface area (Å²) in [6.07, 6.45) is 4.19. The monoisotopic (exact) mass is 344 g/mol. The first kappa shape index (κ1) is 15.6. The van der Waals surface area contributed by atoms with Gasteiger partial charge in [0, 0.05) is 37.4 Å². The minimum Gasteiger partial charge on any atom is -0.467 e. The molecule has 4 heterocycles. The van der Waals surface area contributed by atoms with Crippen LogP contribution in [0.25, 0.3) is 5.65 Å². The average molecular weight is 344 g/mol. The first-order valence-electron chi connectivity index (χ1n) is 8.08. The second-order valence-corrected chi connectivity index (χ2v) is 6.81. The zero-order valence-corrected chi connectivity index (χ0v) is 14.4. The molecule has 1 fully saturated rings. The van der Waals surface area contributed by atoms with Crippen LogP contribution in [-0.4, -0.2) is 51.7 Å². The van der Waals surface area contributed by atoms with Crippen molar-refractivity contribution in [3.63, 3.8) is 0 Å². The maximum Gasteiger partial charge on any atom is 0.273 e. The number of nitrogens with zero attached hydrogens (tertiary/aromatic N) is 4. The summed E-state index contributed by atoms with van der Waals surface area (Å²) < 4.78 is 13.6. The van der Waals surface area contributed by atoms with E-state index < -0.39 is 0 Å². The summed E-state index contributed by atoms with van der Waals surface area (Å²) >= 11 is 1.53. The van der Waals surface area contributed by atoms with Gasteiger partial charge in [-0.05, 0) is 19.1 Å². The van der Waals surface area contributed by atoms with Crippen LogP contribution in [0.2, 0.25) is 0 Å². The van der Waals surface area contributed by atoms with E-state index in [-0.39, 0.29) is 6.10 Å². The van der Waals surface area contributed by atoms with E-state index in [9.17, 15) is 0 Å². The van der Waals surface area contributed by atoms with Crippen LogP contribution in [0, 0.1) is 6.92 Å². The van der Waals surface area contributed by atoms with Crippen molar-refractivity contribution in [1.82, 2.24) is 19.3 Å². The second-order valence-electron chi connectivity index (χ2n) is 5.99. The fourth-order valence-corrected chi connectivity index (χ4v) is 3.54. The van der Waals surface area contributed by atoms with Gasteiger partial charge in [-0.25, -0.2) is 9.97 Å². The molecule has 0 radical (unpaired) electrons. The van der Waals surface area contributed by atoms with Crippen molar-refractivity contribution in [2.75, 3.05) is 26.3 Å². The summed E-state index contributed by atoms with van der Waals surface area (Å²) in [4.78, 5) is 11.4. The summed E-state index contributed by atoms with van der Waals surface area (Å²) in [5.74, 6) is 0. The standard InChI is InChI=1S/C17H20N4O2S/c1-13-12-24-17(18-13)23-11-15-10-20(6-7-22-15)8-14-9-21-5-3-2-4-16(21)19-14/h2-5,9,12,15H,6-8,10-11H2,1H3/t15-/m0/s1. The van der Waals surface area contributed by atoms with E-state index >= 15 is 0 Å². The van der Waals surface area contributed by atoms with Crippen LogP contribution < -0.4 is 4.74 Å². The Morgan fingerprint density at radius 3 is 3.17 bits per heavy atom. The molecule has 1 saturated heterocycles. The Kier molecular flexibility index (Phi) is 4.46. The molecule has 0 unspecified atom stereocenters. The molecule has 7 heteroatoms. The maximum absolute atomic E-state index is 5.82. The third kappa shape index (κ3) is 3.58. The normalized spacial score (nSPS) is 19.0. The summed E-state index contributed by atoms with van der Waals surface area (Å²) in [5.41, 5.74) is 3.06. The Balaban J connectivity index is 1.34. The van der Waals surface area contributed by atoms with Crippen LogP contribution in [0.1, 0.15) is 11.4 Å². The highest BCUT2D eigenvalue weighted by Crippen LogP contribution is 2.18. The van der Waals surface area contributed by atoms with Gasteiger partial charge in [0.05, 0.1) is 18.0 Å². The zero-order chi connectivity index (χ0) is 16.4. The first-order chi connectivity index (χ1) is 11.8. The fourth-order valence-electron chi connectivity index (χ4n) is 2.88. The number of pyridine rings is 1. The van der Waals surface area contributed by atoms with Crippen LogP contribution >= 0.6 is 11.3 Å². The van der Waals surface area contributed by atoms with Crippen molar-refractivity contribution in [2.45, 2.75) is 19.6 Å². The SMILES string of the molecule is Cc1csc(OC[C@@H]2CN(Cc3cn4ccccc4n3)CCO2)n1. The lowest BCUT2D eigenvalue weighted by atomic mass is 10.2. The van der Waals surface area contributed by atoms with Gasteiger partial charge in [0.1, 0.15) is 18.4 Å².